The second kappa shape index (κ2) is 7.33. The molecular formula is C15H18N2O4S. The largest absolute Gasteiger partial charge is 0.493 e. The molecule has 0 spiro atoms. The fourth-order valence-corrected chi connectivity index (χ4v) is 2.89. The lowest BCUT2D eigenvalue weighted by Gasteiger charge is -2.10. The molecule has 22 heavy (non-hydrogen) atoms. The van der Waals surface area contributed by atoms with Crippen LogP contribution in [0.15, 0.2) is 23.1 Å². The molecule has 0 aromatic heterocycles. The zero-order valence-electron chi connectivity index (χ0n) is 12.5. The minimum atomic E-state index is -0.312. The number of thioether (sulfide) groups is 1. The quantitative estimate of drug-likeness (QED) is 0.808. The van der Waals surface area contributed by atoms with E-state index in [9.17, 15) is 9.59 Å². The van der Waals surface area contributed by atoms with Crippen molar-refractivity contribution in [2.45, 2.75) is 6.92 Å². The second-order valence-electron chi connectivity index (χ2n) is 4.47. The van der Waals surface area contributed by atoms with Gasteiger partial charge >= 0.3 is 0 Å². The summed E-state index contributed by atoms with van der Waals surface area (Å²) in [4.78, 5) is 25.4. The average molecular weight is 322 g/mol. The lowest BCUT2D eigenvalue weighted by Crippen LogP contribution is -2.33. The maximum atomic E-state index is 12.1. The summed E-state index contributed by atoms with van der Waals surface area (Å²) in [6.07, 6.45) is 1.67. The molecule has 7 heteroatoms. The number of methoxy groups -OCH3 is 1. The van der Waals surface area contributed by atoms with Crippen LogP contribution >= 0.6 is 11.8 Å². The first-order valence-corrected chi connectivity index (χ1v) is 7.68. The van der Waals surface area contributed by atoms with Crippen LogP contribution in [0.5, 0.6) is 11.5 Å². The summed E-state index contributed by atoms with van der Waals surface area (Å²) in [5.41, 5.74) is 6.17. The Hall–Kier alpha value is -1.99. The minimum absolute atomic E-state index is 0.231. The molecule has 1 aromatic rings. The molecule has 2 amide bonds. The van der Waals surface area contributed by atoms with Crippen molar-refractivity contribution in [3.63, 3.8) is 0 Å². The normalized spacial score (nSPS) is 16.5. The van der Waals surface area contributed by atoms with E-state index >= 15 is 0 Å². The van der Waals surface area contributed by atoms with Crippen molar-refractivity contribution in [2.24, 2.45) is 5.73 Å². The van der Waals surface area contributed by atoms with Crippen molar-refractivity contribution in [2.75, 3.05) is 26.8 Å². The topological polar surface area (TPSA) is 81.9 Å². The highest BCUT2D eigenvalue weighted by atomic mass is 32.2. The molecule has 0 aliphatic carbocycles. The Morgan fingerprint density at radius 2 is 2.09 bits per heavy atom. The van der Waals surface area contributed by atoms with Crippen molar-refractivity contribution in [3.05, 3.63) is 28.7 Å². The van der Waals surface area contributed by atoms with Crippen LogP contribution in [0.4, 0.5) is 4.79 Å². The van der Waals surface area contributed by atoms with Crippen LogP contribution in [0, 0.1) is 0 Å². The SMILES string of the molecule is CCOc1ccc(/C=C2/SC(=O)N(CCN)C2=O)cc1OC. The highest BCUT2D eigenvalue weighted by Gasteiger charge is 2.34. The molecule has 1 aromatic carbocycles. The zero-order chi connectivity index (χ0) is 16.1. The molecule has 2 N–H and O–H groups in total. The Kier molecular flexibility index (Phi) is 5.46. The van der Waals surface area contributed by atoms with Gasteiger partial charge in [-0.2, -0.15) is 0 Å². The van der Waals surface area contributed by atoms with E-state index in [1.807, 2.05) is 13.0 Å². The van der Waals surface area contributed by atoms with Crippen molar-refractivity contribution in [1.82, 2.24) is 4.90 Å². The molecule has 0 saturated carbocycles. The molecule has 6 nitrogen and oxygen atoms in total. The molecule has 0 atom stereocenters. The van der Waals surface area contributed by atoms with Gasteiger partial charge in [0.2, 0.25) is 0 Å². The maximum Gasteiger partial charge on any atom is 0.293 e. The van der Waals surface area contributed by atoms with Gasteiger partial charge in [0.15, 0.2) is 11.5 Å². The first kappa shape index (κ1) is 16.4. The number of carbonyl (C=O) groups is 2. The van der Waals surface area contributed by atoms with E-state index in [-0.39, 0.29) is 24.2 Å². The van der Waals surface area contributed by atoms with Gasteiger partial charge in [0.05, 0.1) is 18.6 Å². The summed E-state index contributed by atoms with van der Waals surface area (Å²) in [6, 6.07) is 5.35. The average Bonchev–Trinajstić information content (AvgIpc) is 2.77. The predicted molar refractivity (Wildman–Crippen MR) is 85.9 cm³/mol. The molecule has 0 bridgehead atoms. The van der Waals surface area contributed by atoms with Gasteiger partial charge in [0.1, 0.15) is 0 Å². The van der Waals surface area contributed by atoms with Gasteiger partial charge in [-0.1, -0.05) is 6.07 Å². The third kappa shape index (κ3) is 3.42. The molecule has 1 saturated heterocycles. The Morgan fingerprint density at radius 1 is 1.32 bits per heavy atom. The van der Waals surface area contributed by atoms with Crippen LogP contribution in [0.1, 0.15) is 12.5 Å². The number of carbonyl (C=O) groups excluding carboxylic acids is 2. The van der Waals surface area contributed by atoms with Crippen LogP contribution in [0.3, 0.4) is 0 Å². The smallest absolute Gasteiger partial charge is 0.293 e. The van der Waals surface area contributed by atoms with E-state index in [0.717, 1.165) is 22.2 Å². The number of nitrogens with two attached hydrogens (primary N) is 1. The van der Waals surface area contributed by atoms with Crippen molar-refractivity contribution >= 4 is 29.0 Å². The highest BCUT2D eigenvalue weighted by molar-refractivity contribution is 8.18. The molecular weight excluding hydrogens is 304 g/mol. The number of hydrogen-bond acceptors (Lipinski definition) is 6. The number of hydrogen-bond donors (Lipinski definition) is 1. The van der Waals surface area contributed by atoms with Crippen molar-refractivity contribution in [3.8, 4) is 11.5 Å². The second-order valence-corrected chi connectivity index (χ2v) is 5.46. The summed E-state index contributed by atoms with van der Waals surface area (Å²) in [6.45, 7) is 2.91. The Morgan fingerprint density at radius 3 is 2.73 bits per heavy atom. The van der Waals surface area contributed by atoms with Gasteiger partial charge < -0.3 is 15.2 Å². The van der Waals surface area contributed by atoms with Gasteiger partial charge in [0, 0.05) is 13.1 Å². The fourth-order valence-electron chi connectivity index (χ4n) is 2.02. The third-order valence-electron chi connectivity index (χ3n) is 3.01. The van der Waals surface area contributed by atoms with E-state index in [0.29, 0.717) is 23.0 Å². The van der Waals surface area contributed by atoms with E-state index < -0.39 is 0 Å². The fraction of sp³-hybridized carbons (Fsp3) is 0.333. The molecule has 1 aliphatic rings. The molecule has 1 aliphatic heterocycles. The van der Waals surface area contributed by atoms with Gasteiger partial charge in [-0.25, -0.2) is 0 Å². The summed E-state index contributed by atoms with van der Waals surface area (Å²) < 4.78 is 10.7. The number of ether oxygens (including phenoxy) is 2. The van der Waals surface area contributed by atoms with Gasteiger partial charge in [0.25, 0.3) is 11.1 Å². The zero-order valence-corrected chi connectivity index (χ0v) is 13.3. The number of rotatable bonds is 6. The summed E-state index contributed by atoms with van der Waals surface area (Å²) >= 11 is 0.915. The lowest BCUT2D eigenvalue weighted by atomic mass is 10.2. The Labute approximate surface area is 133 Å². The van der Waals surface area contributed by atoms with Gasteiger partial charge in [-0.05, 0) is 42.5 Å². The molecule has 1 heterocycles. The summed E-state index contributed by atoms with van der Waals surface area (Å²) in [5, 5.41) is -0.292. The summed E-state index contributed by atoms with van der Waals surface area (Å²) in [5.74, 6) is 0.906. The predicted octanol–water partition coefficient (Wildman–Crippen LogP) is 2.09. The number of amides is 2. The number of imide groups is 1. The van der Waals surface area contributed by atoms with Crippen LogP contribution in [0.2, 0.25) is 0 Å². The summed E-state index contributed by atoms with van der Waals surface area (Å²) in [7, 11) is 1.55. The van der Waals surface area contributed by atoms with Crippen molar-refractivity contribution in [1.29, 1.82) is 0 Å². The molecule has 2 rings (SSSR count). The Bertz CT molecular complexity index is 616. The van der Waals surface area contributed by atoms with Crippen molar-refractivity contribution < 1.29 is 19.1 Å². The van der Waals surface area contributed by atoms with Crippen LogP contribution < -0.4 is 15.2 Å². The Balaban J connectivity index is 2.26. The van der Waals surface area contributed by atoms with E-state index in [1.54, 1.807) is 25.3 Å². The van der Waals surface area contributed by atoms with E-state index in [1.165, 1.54) is 0 Å². The lowest BCUT2D eigenvalue weighted by molar-refractivity contribution is -0.122. The van der Waals surface area contributed by atoms with Crippen LogP contribution in [-0.2, 0) is 4.79 Å². The number of nitrogens with zero attached hydrogens (tertiary/aromatic N) is 1. The molecule has 0 unspecified atom stereocenters. The third-order valence-corrected chi connectivity index (χ3v) is 3.92. The van der Waals surface area contributed by atoms with E-state index in [2.05, 4.69) is 0 Å². The maximum absolute atomic E-state index is 12.1. The first-order valence-electron chi connectivity index (χ1n) is 6.87. The van der Waals surface area contributed by atoms with Crippen LogP contribution in [0.25, 0.3) is 6.08 Å². The van der Waals surface area contributed by atoms with Gasteiger partial charge in [-0.3, -0.25) is 14.5 Å². The molecule has 0 radical (unpaired) electrons. The van der Waals surface area contributed by atoms with E-state index in [4.69, 9.17) is 15.2 Å². The monoisotopic (exact) mass is 322 g/mol. The first-order chi connectivity index (χ1) is 10.6. The standard InChI is InChI=1S/C15H18N2O4S/c1-3-21-11-5-4-10(8-12(11)20-2)9-13-14(18)17(7-6-16)15(19)22-13/h4-5,8-9H,3,6-7,16H2,1-2H3/b13-9+. The minimum Gasteiger partial charge on any atom is -0.493 e. The molecule has 118 valence electrons. The highest BCUT2D eigenvalue weighted by Crippen LogP contribution is 2.34. The molecule has 1 fully saturated rings. The number of benzene rings is 1. The van der Waals surface area contributed by atoms with Gasteiger partial charge in [-0.15, -0.1) is 0 Å². The van der Waals surface area contributed by atoms with Crippen LogP contribution in [-0.4, -0.2) is 42.9 Å².